The molecule has 4 heteroatoms. The van der Waals surface area contributed by atoms with E-state index in [1.54, 1.807) is 12.1 Å². The summed E-state index contributed by atoms with van der Waals surface area (Å²) in [6, 6.07) is 3.35. The maximum atomic E-state index is 12.2. The Balaban J connectivity index is 2.06. The summed E-state index contributed by atoms with van der Waals surface area (Å²) in [6.45, 7) is 6.42. The number of aryl methyl sites for hydroxylation is 1. The zero-order chi connectivity index (χ0) is 14.7. The van der Waals surface area contributed by atoms with Gasteiger partial charge in [-0.3, -0.25) is 0 Å². The number of carbonyl (C=O) groups excluding carboxylic acids is 1. The molecule has 0 aromatic carbocycles. The number of aromatic nitrogens is 1. The molecular weight excluding hydrogens is 274 g/mol. The standard InChI is InChI=1S/C16H22ClNO2/c1-4-13-8-12(9-15(17)18-13)16(19)20-14-6-10(2)5-11(3)7-14/h8-11,14H,4-7H2,1-3H3. The molecule has 20 heavy (non-hydrogen) atoms. The Kier molecular flexibility index (Phi) is 5.03. The van der Waals surface area contributed by atoms with Crippen LogP contribution in [-0.2, 0) is 11.2 Å². The predicted molar refractivity (Wildman–Crippen MR) is 80.0 cm³/mol. The lowest BCUT2D eigenvalue weighted by molar-refractivity contribution is 0.00803. The SMILES string of the molecule is CCc1cc(C(=O)OC2CC(C)CC(C)C2)cc(Cl)n1. The molecule has 0 aliphatic heterocycles. The minimum atomic E-state index is -0.282. The zero-order valence-electron chi connectivity index (χ0n) is 12.4. The monoisotopic (exact) mass is 295 g/mol. The average Bonchev–Trinajstić information content (AvgIpc) is 2.36. The molecule has 0 spiro atoms. The van der Waals surface area contributed by atoms with Gasteiger partial charge in [0.2, 0.25) is 0 Å². The molecule has 0 amide bonds. The molecule has 110 valence electrons. The van der Waals surface area contributed by atoms with Crippen molar-refractivity contribution in [2.45, 2.75) is 52.6 Å². The highest BCUT2D eigenvalue weighted by Crippen LogP contribution is 2.30. The van der Waals surface area contributed by atoms with Crippen LogP contribution in [-0.4, -0.2) is 17.1 Å². The van der Waals surface area contributed by atoms with E-state index in [9.17, 15) is 4.79 Å². The molecule has 1 aromatic rings. The number of hydrogen-bond acceptors (Lipinski definition) is 3. The van der Waals surface area contributed by atoms with E-state index in [2.05, 4.69) is 18.8 Å². The molecule has 2 rings (SSSR count). The maximum Gasteiger partial charge on any atom is 0.338 e. The minimum absolute atomic E-state index is 0.0262. The summed E-state index contributed by atoms with van der Waals surface area (Å²) >= 11 is 5.94. The van der Waals surface area contributed by atoms with Crippen LogP contribution in [0.2, 0.25) is 5.15 Å². The van der Waals surface area contributed by atoms with Crippen molar-refractivity contribution >= 4 is 17.6 Å². The van der Waals surface area contributed by atoms with Gasteiger partial charge in [-0.1, -0.05) is 32.4 Å². The van der Waals surface area contributed by atoms with Crippen molar-refractivity contribution in [3.63, 3.8) is 0 Å². The third-order valence-corrected chi connectivity index (χ3v) is 4.05. The van der Waals surface area contributed by atoms with Gasteiger partial charge in [-0.2, -0.15) is 0 Å². The summed E-state index contributed by atoms with van der Waals surface area (Å²) in [6.07, 6.45) is 3.90. The van der Waals surface area contributed by atoms with Crippen LogP contribution in [0.4, 0.5) is 0 Å². The van der Waals surface area contributed by atoms with E-state index in [4.69, 9.17) is 16.3 Å². The first-order valence-electron chi connectivity index (χ1n) is 7.35. The number of nitrogens with zero attached hydrogens (tertiary/aromatic N) is 1. The van der Waals surface area contributed by atoms with Crippen LogP contribution < -0.4 is 0 Å². The van der Waals surface area contributed by atoms with E-state index < -0.39 is 0 Å². The highest BCUT2D eigenvalue weighted by Gasteiger charge is 2.27. The Labute approximate surface area is 125 Å². The fourth-order valence-electron chi connectivity index (χ4n) is 3.04. The molecular formula is C16H22ClNO2. The van der Waals surface area contributed by atoms with E-state index in [1.807, 2.05) is 6.92 Å². The number of esters is 1. The van der Waals surface area contributed by atoms with Gasteiger partial charge in [0, 0.05) is 5.69 Å². The van der Waals surface area contributed by atoms with Crippen LogP contribution in [0, 0.1) is 11.8 Å². The van der Waals surface area contributed by atoms with E-state index in [-0.39, 0.29) is 12.1 Å². The van der Waals surface area contributed by atoms with Gasteiger partial charge in [0.15, 0.2) is 0 Å². The highest BCUT2D eigenvalue weighted by atomic mass is 35.5. The highest BCUT2D eigenvalue weighted by molar-refractivity contribution is 6.29. The lowest BCUT2D eigenvalue weighted by atomic mass is 9.82. The average molecular weight is 296 g/mol. The fraction of sp³-hybridized carbons (Fsp3) is 0.625. The molecule has 1 saturated carbocycles. The minimum Gasteiger partial charge on any atom is -0.459 e. The molecule has 1 fully saturated rings. The maximum absolute atomic E-state index is 12.2. The van der Waals surface area contributed by atoms with Crippen molar-refractivity contribution in [2.75, 3.05) is 0 Å². The van der Waals surface area contributed by atoms with Crippen LogP contribution in [0.5, 0.6) is 0 Å². The van der Waals surface area contributed by atoms with Crippen molar-refractivity contribution in [3.05, 3.63) is 28.5 Å². The second-order valence-electron chi connectivity index (χ2n) is 5.97. The third kappa shape index (κ3) is 3.95. The normalized spacial score (nSPS) is 26.3. The molecule has 1 aliphatic carbocycles. The number of ether oxygens (including phenoxy) is 1. The summed E-state index contributed by atoms with van der Waals surface area (Å²) in [5.41, 5.74) is 1.32. The van der Waals surface area contributed by atoms with Crippen LogP contribution in [0.1, 0.15) is 56.1 Å². The Morgan fingerprint density at radius 1 is 1.30 bits per heavy atom. The molecule has 0 saturated heterocycles. The van der Waals surface area contributed by atoms with Gasteiger partial charge in [0.1, 0.15) is 11.3 Å². The van der Waals surface area contributed by atoms with Crippen molar-refractivity contribution in [1.29, 1.82) is 0 Å². The Morgan fingerprint density at radius 3 is 2.55 bits per heavy atom. The second-order valence-corrected chi connectivity index (χ2v) is 6.36. The molecule has 0 N–H and O–H groups in total. The topological polar surface area (TPSA) is 39.2 Å². The summed E-state index contributed by atoms with van der Waals surface area (Å²) in [5.74, 6) is 0.947. The number of halogens is 1. The zero-order valence-corrected chi connectivity index (χ0v) is 13.1. The number of hydrogen-bond donors (Lipinski definition) is 0. The number of pyridine rings is 1. The largest absolute Gasteiger partial charge is 0.459 e. The summed E-state index contributed by atoms with van der Waals surface area (Å²) in [5, 5.41) is 0.349. The fourth-order valence-corrected chi connectivity index (χ4v) is 3.27. The number of rotatable bonds is 3. The smallest absolute Gasteiger partial charge is 0.338 e. The third-order valence-electron chi connectivity index (χ3n) is 3.85. The van der Waals surface area contributed by atoms with Crippen molar-refractivity contribution in [2.24, 2.45) is 11.8 Å². The van der Waals surface area contributed by atoms with E-state index in [0.717, 1.165) is 25.0 Å². The van der Waals surface area contributed by atoms with Gasteiger partial charge in [-0.05, 0) is 49.7 Å². The van der Waals surface area contributed by atoms with E-state index >= 15 is 0 Å². The molecule has 3 nitrogen and oxygen atoms in total. The Morgan fingerprint density at radius 2 is 1.95 bits per heavy atom. The molecule has 0 radical (unpaired) electrons. The summed E-state index contributed by atoms with van der Waals surface area (Å²) < 4.78 is 5.65. The molecule has 2 atom stereocenters. The first-order valence-corrected chi connectivity index (χ1v) is 7.73. The molecule has 1 aromatic heterocycles. The van der Waals surface area contributed by atoms with Crippen molar-refractivity contribution in [3.8, 4) is 0 Å². The molecule has 0 bridgehead atoms. The van der Waals surface area contributed by atoms with E-state index in [0.29, 0.717) is 22.6 Å². The van der Waals surface area contributed by atoms with Crippen LogP contribution in [0.3, 0.4) is 0 Å². The summed E-state index contributed by atoms with van der Waals surface area (Å²) in [7, 11) is 0. The molecule has 1 heterocycles. The lowest BCUT2D eigenvalue weighted by Gasteiger charge is -2.31. The van der Waals surface area contributed by atoms with Crippen LogP contribution in [0.25, 0.3) is 0 Å². The van der Waals surface area contributed by atoms with Crippen LogP contribution in [0.15, 0.2) is 12.1 Å². The van der Waals surface area contributed by atoms with Gasteiger partial charge in [-0.25, -0.2) is 9.78 Å². The molecule has 1 aliphatic rings. The van der Waals surface area contributed by atoms with Gasteiger partial charge in [0.25, 0.3) is 0 Å². The molecule has 2 unspecified atom stereocenters. The van der Waals surface area contributed by atoms with Gasteiger partial charge >= 0.3 is 5.97 Å². The van der Waals surface area contributed by atoms with Gasteiger partial charge in [0.05, 0.1) is 5.56 Å². The second kappa shape index (κ2) is 6.57. The Hall–Kier alpha value is -1.09. The van der Waals surface area contributed by atoms with Crippen molar-refractivity contribution < 1.29 is 9.53 Å². The predicted octanol–water partition coefficient (Wildman–Crippen LogP) is 4.28. The van der Waals surface area contributed by atoms with Crippen molar-refractivity contribution in [1.82, 2.24) is 4.98 Å². The van der Waals surface area contributed by atoms with Crippen LogP contribution >= 0.6 is 11.6 Å². The first kappa shape index (κ1) is 15.3. The first-order chi connectivity index (χ1) is 9.47. The lowest BCUT2D eigenvalue weighted by Crippen LogP contribution is -2.28. The van der Waals surface area contributed by atoms with E-state index in [1.165, 1.54) is 6.42 Å². The summed E-state index contributed by atoms with van der Waals surface area (Å²) in [4.78, 5) is 16.4. The van der Waals surface area contributed by atoms with Gasteiger partial charge < -0.3 is 4.74 Å². The quantitative estimate of drug-likeness (QED) is 0.617. The Bertz CT molecular complexity index is 479. The number of carbonyl (C=O) groups is 1. The van der Waals surface area contributed by atoms with Gasteiger partial charge in [-0.15, -0.1) is 0 Å².